The lowest BCUT2D eigenvalue weighted by molar-refractivity contribution is 0.564. The summed E-state index contributed by atoms with van der Waals surface area (Å²) in [5.74, 6) is 0. The van der Waals surface area contributed by atoms with Gasteiger partial charge in [0.1, 0.15) is 0 Å². The molecule has 8 heteroatoms. The third-order valence-corrected chi connectivity index (χ3v) is 5.21. The van der Waals surface area contributed by atoms with Gasteiger partial charge in [-0.05, 0) is 44.5 Å². The van der Waals surface area contributed by atoms with Gasteiger partial charge >= 0.3 is 0 Å². The molecule has 0 saturated heterocycles. The SMILES string of the molecule is Cc1cc(C)n(-c2ccc([C@@H](C)NS(=O)(=O)c3cnc[nH]3)cc2)n1. The van der Waals surface area contributed by atoms with E-state index in [1.807, 2.05) is 48.9 Å². The van der Waals surface area contributed by atoms with Gasteiger partial charge in [-0.1, -0.05) is 12.1 Å². The molecular weight excluding hydrogens is 326 g/mol. The molecule has 3 aromatic rings. The molecule has 0 unspecified atom stereocenters. The predicted octanol–water partition coefficient (Wildman–Crippen LogP) is 2.25. The van der Waals surface area contributed by atoms with Gasteiger partial charge in [0.05, 0.1) is 23.9 Å². The van der Waals surface area contributed by atoms with Gasteiger partial charge in [0, 0.05) is 11.7 Å². The molecule has 0 bridgehead atoms. The maximum Gasteiger partial charge on any atom is 0.258 e. The van der Waals surface area contributed by atoms with E-state index in [1.54, 1.807) is 6.92 Å². The Balaban J connectivity index is 1.79. The Morgan fingerprint density at radius 2 is 1.92 bits per heavy atom. The van der Waals surface area contributed by atoms with Crippen molar-refractivity contribution in [2.45, 2.75) is 31.8 Å². The third-order valence-electron chi connectivity index (χ3n) is 3.74. The fraction of sp³-hybridized carbons (Fsp3) is 0.250. The molecule has 0 radical (unpaired) electrons. The van der Waals surface area contributed by atoms with Crippen LogP contribution in [0, 0.1) is 13.8 Å². The Morgan fingerprint density at radius 1 is 1.21 bits per heavy atom. The largest absolute Gasteiger partial charge is 0.335 e. The maximum absolute atomic E-state index is 12.2. The number of aromatic amines is 1. The standard InChI is InChI=1S/C16H19N5O2S/c1-11-8-12(2)21(19-11)15-6-4-14(5-7-15)13(3)20-24(22,23)16-9-17-10-18-16/h4-10,13,20H,1-3H3,(H,17,18)/t13-/m1/s1. The molecule has 7 nitrogen and oxygen atoms in total. The van der Waals surface area contributed by atoms with E-state index in [4.69, 9.17) is 0 Å². The topological polar surface area (TPSA) is 92.7 Å². The third kappa shape index (κ3) is 3.24. The summed E-state index contributed by atoms with van der Waals surface area (Å²) in [7, 11) is -3.62. The van der Waals surface area contributed by atoms with Crippen LogP contribution in [0.3, 0.4) is 0 Å². The van der Waals surface area contributed by atoms with Crippen molar-refractivity contribution in [3.63, 3.8) is 0 Å². The second-order valence-electron chi connectivity index (χ2n) is 5.69. The highest BCUT2D eigenvalue weighted by Gasteiger charge is 2.19. The predicted molar refractivity (Wildman–Crippen MR) is 90.4 cm³/mol. The van der Waals surface area contributed by atoms with Crippen LogP contribution in [0.2, 0.25) is 0 Å². The molecule has 24 heavy (non-hydrogen) atoms. The number of nitrogens with zero attached hydrogens (tertiary/aromatic N) is 3. The molecule has 0 aliphatic heterocycles. The van der Waals surface area contributed by atoms with Crippen molar-refractivity contribution in [1.29, 1.82) is 0 Å². The molecule has 1 aromatic carbocycles. The van der Waals surface area contributed by atoms with E-state index >= 15 is 0 Å². The number of aromatic nitrogens is 4. The van der Waals surface area contributed by atoms with Crippen molar-refractivity contribution < 1.29 is 8.42 Å². The number of hydrogen-bond donors (Lipinski definition) is 2. The van der Waals surface area contributed by atoms with Gasteiger partial charge in [-0.3, -0.25) is 0 Å². The first-order chi connectivity index (χ1) is 11.4. The summed E-state index contributed by atoms with van der Waals surface area (Å²) in [6.45, 7) is 5.74. The minimum Gasteiger partial charge on any atom is -0.335 e. The average Bonchev–Trinajstić information content (AvgIpc) is 3.17. The molecule has 1 atom stereocenters. The summed E-state index contributed by atoms with van der Waals surface area (Å²) in [6, 6.07) is 9.28. The van der Waals surface area contributed by atoms with Gasteiger partial charge in [-0.2, -0.15) is 5.10 Å². The number of H-pyrrole nitrogens is 1. The lowest BCUT2D eigenvalue weighted by atomic mass is 10.1. The van der Waals surface area contributed by atoms with Crippen molar-refractivity contribution in [3.8, 4) is 5.69 Å². The zero-order valence-corrected chi connectivity index (χ0v) is 14.5. The monoisotopic (exact) mass is 345 g/mol. The molecule has 0 fully saturated rings. The minimum atomic E-state index is -3.62. The van der Waals surface area contributed by atoms with Crippen molar-refractivity contribution in [3.05, 3.63) is 59.8 Å². The molecule has 0 aliphatic carbocycles. The Labute approximate surface area is 140 Å². The quantitative estimate of drug-likeness (QED) is 0.742. The fourth-order valence-corrected chi connectivity index (χ4v) is 3.68. The van der Waals surface area contributed by atoms with Gasteiger partial charge < -0.3 is 4.98 Å². The summed E-state index contributed by atoms with van der Waals surface area (Å²) >= 11 is 0. The lowest BCUT2D eigenvalue weighted by Gasteiger charge is -2.14. The summed E-state index contributed by atoms with van der Waals surface area (Å²) < 4.78 is 28.9. The molecule has 126 valence electrons. The molecule has 0 aliphatic rings. The van der Waals surface area contributed by atoms with E-state index in [-0.39, 0.29) is 11.1 Å². The van der Waals surface area contributed by atoms with Crippen LogP contribution in [0.1, 0.15) is 29.9 Å². The van der Waals surface area contributed by atoms with Crippen molar-refractivity contribution in [1.82, 2.24) is 24.5 Å². The number of imidazole rings is 1. The van der Waals surface area contributed by atoms with Gasteiger partial charge in [0.2, 0.25) is 0 Å². The number of benzene rings is 1. The first kappa shape index (κ1) is 16.4. The van der Waals surface area contributed by atoms with Crippen molar-refractivity contribution in [2.75, 3.05) is 0 Å². The van der Waals surface area contributed by atoms with Crippen LogP contribution in [0.15, 0.2) is 47.9 Å². The van der Waals surface area contributed by atoms with Gasteiger partial charge in [-0.15, -0.1) is 0 Å². The van der Waals surface area contributed by atoms with Crippen LogP contribution in [0.4, 0.5) is 0 Å². The molecule has 3 rings (SSSR count). The summed E-state index contributed by atoms with van der Waals surface area (Å²) in [5.41, 5.74) is 3.81. The number of rotatable bonds is 5. The molecule has 0 saturated carbocycles. The molecule has 0 amide bonds. The maximum atomic E-state index is 12.2. The second-order valence-corrected chi connectivity index (χ2v) is 7.37. The molecular formula is C16H19N5O2S. The summed E-state index contributed by atoms with van der Waals surface area (Å²) in [4.78, 5) is 6.34. The molecule has 2 heterocycles. The molecule has 0 spiro atoms. The summed E-state index contributed by atoms with van der Waals surface area (Å²) in [6.07, 6.45) is 2.61. The summed E-state index contributed by atoms with van der Waals surface area (Å²) in [5, 5.41) is 4.49. The van der Waals surface area contributed by atoms with E-state index in [0.29, 0.717) is 0 Å². The average molecular weight is 345 g/mol. The minimum absolute atomic E-state index is 0.0496. The van der Waals surface area contributed by atoms with Crippen molar-refractivity contribution in [2.24, 2.45) is 0 Å². The Hall–Kier alpha value is -2.45. The van der Waals surface area contributed by atoms with Crippen LogP contribution in [0.25, 0.3) is 5.69 Å². The van der Waals surface area contributed by atoms with Crippen molar-refractivity contribution >= 4 is 10.0 Å². The Morgan fingerprint density at radius 3 is 2.46 bits per heavy atom. The van der Waals surface area contributed by atoms with Gasteiger partial charge in [0.15, 0.2) is 5.03 Å². The normalized spacial score (nSPS) is 13.1. The van der Waals surface area contributed by atoms with E-state index in [1.165, 1.54) is 12.5 Å². The van der Waals surface area contributed by atoms with E-state index in [2.05, 4.69) is 19.8 Å². The second kappa shape index (κ2) is 6.21. The van der Waals surface area contributed by atoms with Crippen LogP contribution < -0.4 is 4.72 Å². The first-order valence-corrected chi connectivity index (χ1v) is 8.99. The highest BCUT2D eigenvalue weighted by Crippen LogP contribution is 2.19. The van der Waals surface area contributed by atoms with Gasteiger partial charge in [-0.25, -0.2) is 22.8 Å². The van der Waals surface area contributed by atoms with Gasteiger partial charge in [0.25, 0.3) is 10.0 Å². The Bertz CT molecular complexity index is 928. The van der Waals surface area contributed by atoms with E-state index in [0.717, 1.165) is 22.6 Å². The van der Waals surface area contributed by atoms with E-state index in [9.17, 15) is 8.42 Å². The highest BCUT2D eigenvalue weighted by molar-refractivity contribution is 7.89. The molecule has 2 aromatic heterocycles. The molecule has 2 N–H and O–H groups in total. The van der Waals surface area contributed by atoms with Crippen LogP contribution in [0.5, 0.6) is 0 Å². The number of sulfonamides is 1. The Kier molecular flexibility index (Phi) is 4.25. The number of nitrogens with one attached hydrogen (secondary N) is 2. The smallest absolute Gasteiger partial charge is 0.258 e. The zero-order valence-electron chi connectivity index (χ0n) is 13.7. The van der Waals surface area contributed by atoms with Crippen LogP contribution in [-0.4, -0.2) is 28.2 Å². The zero-order chi connectivity index (χ0) is 17.3. The number of aryl methyl sites for hydroxylation is 2. The highest BCUT2D eigenvalue weighted by atomic mass is 32.2. The first-order valence-electron chi connectivity index (χ1n) is 7.51. The lowest BCUT2D eigenvalue weighted by Crippen LogP contribution is -2.27. The number of hydrogen-bond acceptors (Lipinski definition) is 4. The fourth-order valence-electron chi connectivity index (χ4n) is 2.55. The van der Waals surface area contributed by atoms with E-state index < -0.39 is 10.0 Å². The van der Waals surface area contributed by atoms with Crippen LogP contribution in [-0.2, 0) is 10.0 Å². The van der Waals surface area contributed by atoms with Crippen LogP contribution >= 0.6 is 0 Å².